The Morgan fingerprint density at radius 3 is 2.70 bits per heavy atom. The van der Waals surface area contributed by atoms with Crippen LogP contribution in [0.15, 0.2) is 33.3 Å². The number of carbonyl (C=O) groups is 1. The van der Waals surface area contributed by atoms with Crippen LogP contribution in [-0.4, -0.2) is 21.2 Å². The molecular formula is C14H15BrN2O3. The Bertz CT molecular complexity index is 566. The number of aliphatic carboxylic acids is 1. The molecular weight excluding hydrogens is 324 g/mol. The van der Waals surface area contributed by atoms with Gasteiger partial charge in [-0.25, -0.2) is 0 Å². The minimum Gasteiger partial charge on any atom is -0.481 e. The summed E-state index contributed by atoms with van der Waals surface area (Å²) in [7, 11) is 0. The SMILES string of the molecule is O=C(O)CCCCc1nc(Cc2ccc(Br)cc2)no1. The molecule has 1 aromatic carbocycles. The van der Waals surface area contributed by atoms with E-state index in [9.17, 15) is 4.79 Å². The van der Waals surface area contributed by atoms with Crippen molar-refractivity contribution in [1.82, 2.24) is 10.1 Å². The third-order valence-corrected chi connectivity index (χ3v) is 3.35. The number of hydrogen-bond donors (Lipinski definition) is 1. The molecule has 0 saturated heterocycles. The molecule has 0 amide bonds. The first-order valence-corrected chi connectivity index (χ1v) is 7.20. The minimum absolute atomic E-state index is 0.180. The van der Waals surface area contributed by atoms with Gasteiger partial charge >= 0.3 is 5.97 Å². The normalized spacial score (nSPS) is 10.7. The molecule has 6 heteroatoms. The van der Waals surface area contributed by atoms with E-state index in [-0.39, 0.29) is 6.42 Å². The van der Waals surface area contributed by atoms with Gasteiger partial charge in [0.25, 0.3) is 0 Å². The average molecular weight is 339 g/mol. The molecule has 1 aromatic heterocycles. The number of unbranched alkanes of at least 4 members (excludes halogenated alkanes) is 1. The number of halogens is 1. The topological polar surface area (TPSA) is 76.2 Å². The van der Waals surface area contributed by atoms with Gasteiger partial charge in [-0.2, -0.15) is 4.98 Å². The lowest BCUT2D eigenvalue weighted by Gasteiger charge is -1.96. The van der Waals surface area contributed by atoms with Crippen LogP contribution in [0, 0.1) is 0 Å². The molecule has 0 aliphatic carbocycles. The van der Waals surface area contributed by atoms with Gasteiger partial charge in [-0.15, -0.1) is 0 Å². The van der Waals surface area contributed by atoms with Crippen molar-refractivity contribution in [1.29, 1.82) is 0 Å². The fourth-order valence-corrected chi connectivity index (χ4v) is 2.07. The van der Waals surface area contributed by atoms with Crippen LogP contribution in [-0.2, 0) is 17.6 Å². The van der Waals surface area contributed by atoms with E-state index in [1.165, 1.54) is 0 Å². The largest absolute Gasteiger partial charge is 0.481 e. The molecule has 0 atom stereocenters. The van der Waals surface area contributed by atoms with Gasteiger partial charge in [-0.05, 0) is 30.5 Å². The number of carboxylic acids is 1. The molecule has 2 aromatic rings. The van der Waals surface area contributed by atoms with Crippen molar-refractivity contribution in [2.24, 2.45) is 0 Å². The first-order valence-electron chi connectivity index (χ1n) is 6.41. The van der Waals surface area contributed by atoms with Crippen molar-refractivity contribution in [2.45, 2.75) is 32.1 Å². The van der Waals surface area contributed by atoms with Crippen LogP contribution in [0.1, 0.15) is 36.5 Å². The predicted octanol–water partition coefficient (Wildman–Crippen LogP) is 3.22. The second kappa shape index (κ2) is 7.19. The predicted molar refractivity (Wildman–Crippen MR) is 76.4 cm³/mol. The molecule has 1 heterocycles. The fraction of sp³-hybridized carbons (Fsp3) is 0.357. The lowest BCUT2D eigenvalue weighted by molar-refractivity contribution is -0.137. The monoisotopic (exact) mass is 338 g/mol. The highest BCUT2D eigenvalue weighted by Crippen LogP contribution is 2.13. The Balaban J connectivity index is 1.82. The Hall–Kier alpha value is -1.69. The zero-order valence-electron chi connectivity index (χ0n) is 10.9. The Morgan fingerprint density at radius 2 is 2.00 bits per heavy atom. The van der Waals surface area contributed by atoms with E-state index >= 15 is 0 Å². The molecule has 0 saturated carbocycles. The standard InChI is InChI=1S/C14H15BrN2O3/c15-11-7-5-10(6-8-11)9-12-16-13(20-17-12)3-1-2-4-14(18)19/h5-8H,1-4,9H2,(H,18,19). The average Bonchev–Trinajstić information content (AvgIpc) is 2.85. The summed E-state index contributed by atoms with van der Waals surface area (Å²) in [5, 5.41) is 12.5. The highest BCUT2D eigenvalue weighted by molar-refractivity contribution is 9.10. The molecule has 5 nitrogen and oxygen atoms in total. The van der Waals surface area contributed by atoms with Gasteiger partial charge in [0, 0.05) is 23.7 Å². The maximum Gasteiger partial charge on any atom is 0.303 e. The number of benzene rings is 1. The third kappa shape index (κ3) is 4.77. The van der Waals surface area contributed by atoms with Gasteiger partial charge in [-0.3, -0.25) is 4.79 Å². The number of carboxylic acid groups (broad SMARTS) is 1. The van der Waals surface area contributed by atoms with E-state index in [1.54, 1.807) is 0 Å². The molecule has 20 heavy (non-hydrogen) atoms. The van der Waals surface area contributed by atoms with Crippen molar-refractivity contribution < 1.29 is 14.4 Å². The molecule has 0 aliphatic rings. The first-order chi connectivity index (χ1) is 9.63. The second-order valence-electron chi connectivity index (χ2n) is 4.51. The van der Waals surface area contributed by atoms with Crippen molar-refractivity contribution in [2.75, 3.05) is 0 Å². The number of hydrogen-bond acceptors (Lipinski definition) is 4. The molecule has 0 fully saturated rings. The van der Waals surface area contributed by atoms with Gasteiger partial charge in [0.15, 0.2) is 5.82 Å². The van der Waals surface area contributed by atoms with Gasteiger partial charge < -0.3 is 9.63 Å². The molecule has 0 bridgehead atoms. The highest BCUT2D eigenvalue weighted by atomic mass is 79.9. The molecule has 0 aliphatic heterocycles. The van der Waals surface area contributed by atoms with Crippen molar-refractivity contribution in [3.05, 3.63) is 46.0 Å². The number of rotatable bonds is 7. The van der Waals surface area contributed by atoms with Crippen LogP contribution in [0.25, 0.3) is 0 Å². The smallest absolute Gasteiger partial charge is 0.303 e. The molecule has 2 rings (SSSR count). The van der Waals surface area contributed by atoms with Gasteiger partial charge in [0.1, 0.15) is 0 Å². The van der Waals surface area contributed by atoms with Crippen LogP contribution in [0.5, 0.6) is 0 Å². The summed E-state index contributed by atoms with van der Waals surface area (Å²) in [6.45, 7) is 0. The van der Waals surface area contributed by atoms with E-state index in [2.05, 4.69) is 26.1 Å². The van der Waals surface area contributed by atoms with Crippen LogP contribution < -0.4 is 0 Å². The molecule has 0 radical (unpaired) electrons. The van der Waals surface area contributed by atoms with E-state index in [0.717, 1.165) is 16.5 Å². The van der Waals surface area contributed by atoms with Crippen molar-refractivity contribution >= 4 is 21.9 Å². The summed E-state index contributed by atoms with van der Waals surface area (Å²) < 4.78 is 6.19. The van der Waals surface area contributed by atoms with Gasteiger partial charge in [0.2, 0.25) is 5.89 Å². The molecule has 0 spiro atoms. The van der Waals surface area contributed by atoms with Crippen LogP contribution in [0.4, 0.5) is 0 Å². The van der Waals surface area contributed by atoms with Crippen LogP contribution in [0.3, 0.4) is 0 Å². The summed E-state index contributed by atoms with van der Waals surface area (Å²) in [4.78, 5) is 14.7. The third-order valence-electron chi connectivity index (χ3n) is 2.82. The van der Waals surface area contributed by atoms with E-state index in [0.29, 0.717) is 31.0 Å². The lowest BCUT2D eigenvalue weighted by atomic mass is 10.1. The maximum atomic E-state index is 10.4. The van der Waals surface area contributed by atoms with E-state index in [1.807, 2.05) is 24.3 Å². The van der Waals surface area contributed by atoms with Crippen molar-refractivity contribution in [3.8, 4) is 0 Å². The quantitative estimate of drug-likeness (QED) is 0.784. The Morgan fingerprint density at radius 1 is 1.25 bits per heavy atom. The zero-order valence-corrected chi connectivity index (χ0v) is 12.5. The first kappa shape index (κ1) is 14.7. The second-order valence-corrected chi connectivity index (χ2v) is 5.42. The van der Waals surface area contributed by atoms with Crippen LogP contribution >= 0.6 is 15.9 Å². The number of aromatic nitrogens is 2. The summed E-state index contributed by atoms with van der Waals surface area (Å²) >= 11 is 3.39. The summed E-state index contributed by atoms with van der Waals surface area (Å²) in [6, 6.07) is 7.96. The zero-order chi connectivity index (χ0) is 14.4. The number of nitrogens with zero attached hydrogens (tertiary/aromatic N) is 2. The summed E-state index contributed by atoms with van der Waals surface area (Å²) in [5.74, 6) is 0.453. The maximum absolute atomic E-state index is 10.4. The molecule has 1 N–H and O–H groups in total. The Kier molecular flexibility index (Phi) is 5.29. The molecule has 106 valence electrons. The minimum atomic E-state index is -0.772. The lowest BCUT2D eigenvalue weighted by Crippen LogP contribution is -1.95. The fourth-order valence-electron chi connectivity index (χ4n) is 1.80. The van der Waals surface area contributed by atoms with Crippen LogP contribution in [0.2, 0.25) is 0 Å². The van der Waals surface area contributed by atoms with Crippen molar-refractivity contribution in [3.63, 3.8) is 0 Å². The molecule has 0 unspecified atom stereocenters. The Labute approximate surface area is 125 Å². The van der Waals surface area contributed by atoms with E-state index in [4.69, 9.17) is 9.63 Å². The van der Waals surface area contributed by atoms with Gasteiger partial charge in [-0.1, -0.05) is 33.2 Å². The summed E-state index contributed by atoms with van der Waals surface area (Å²) in [6.07, 6.45) is 2.80. The summed E-state index contributed by atoms with van der Waals surface area (Å²) in [5.41, 5.74) is 1.12. The van der Waals surface area contributed by atoms with Gasteiger partial charge in [0.05, 0.1) is 0 Å². The van der Waals surface area contributed by atoms with E-state index < -0.39 is 5.97 Å². The highest BCUT2D eigenvalue weighted by Gasteiger charge is 2.07. The number of aryl methyl sites for hydroxylation is 1.